The fraction of sp³-hybridized carbons (Fsp3) is 0.0588. The number of hydrogen-bond donors (Lipinski definition) is 1. The van der Waals surface area contributed by atoms with Gasteiger partial charge >= 0.3 is 0 Å². The van der Waals surface area contributed by atoms with Crippen LogP contribution in [-0.2, 0) is 4.79 Å². The van der Waals surface area contributed by atoms with Crippen LogP contribution in [0, 0.1) is 11.3 Å². The monoisotopic (exact) mass is 512 g/mol. The Morgan fingerprint density at radius 1 is 1.17 bits per heavy atom. The number of nitriles is 1. The van der Waals surface area contributed by atoms with Crippen LogP contribution < -0.4 is 10.1 Å². The van der Waals surface area contributed by atoms with Crippen LogP contribution in [0.3, 0.4) is 0 Å². The third-order valence-electron chi connectivity index (χ3n) is 3.01. The number of methoxy groups -OCH3 is 1. The molecule has 0 aliphatic heterocycles. The van der Waals surface area contributed by atoms with Gasteiger partial charge in [-0.1, -0.05) is 31.9 Å². The molecule has 0 aliphatic carbocycles. The highest BCUT2D eigenvalue weighted by atomic mass is 79.9. The van der Waals surface area contributed by atoms with E-state index in [-0.39, 0.29) is 5.57 Å². The first-order chi connectivity index (χ1) is 11.4. The molecule has 0 aromatic heterocycles. The minimum absolute atomic E-state index is 0.0266. The van der Waals surface area contributed by atoms with E-state index in [1.165, 1.54) is 13.2 Å². The number of amides is 1. The molecule has 2 rings (SSSR count). The Morgan fingerprint density at radius 3 is 2.42 bits per heavy atom. The molecule has 2 aromatic carbocycles. The highest BCUT2D eigenvalue weighted by Crippen LogP contribution is 2.34. The maximum atomic E-state index is 12.3. The fourth-order valence-electron chi connectivity index (χ4n) is 1.94. The van der Waals surface area contributed by atoms with Gasteiger partial charge in [-0.25, -0.2) is 0 Å². The second kappa shape index (κ2) is 8.47. The number of nitrogens with zero attached hydrogens (tertiary/aromatic N) is 1. The highest BCUT2D eigenvalue weighted by Gasteiger charge is 2.13. The van der Waals surface area contributed by atoms with Crippen LogP contribution >= 0.6 is 47.8 Å². The van der Waals surface area contributed by atoms with Gasteiger partial charge in [0, 0.05) is 20.2 Å². The molecular formula is C17H11Br3N2O2. The summed E-state index contributed by atoms with van der Waals surface area (Å²) in [6, 6.07) is 12.6. The van der Waals surface area contributed by atoms with Crippen LogP contribution in [0.1, 0.15) is 5.56 Å². The predicted octanol–water partition coefficient (Wildman–Crippen LogP) is 5.53. The second-order valence-corrected chi connectivity index (χ2v) is 7.33. The molecule has 0 bridgehead atoms. The summed E-state index contributed by atoms with van der Waals surface area (Å²) in [5, 5.41) is 12.0. The van der Waals surface area contributed by atoms with Crippen molar-refractivity contribution in [1.82, 2.24) is 0 Å². The lowest BCUT2D eigenvalue weighted by Crippen LogP contribution is -2.13. The molecule has 0 radical (unpaired) electrons. The molecule has 2 aromatic rings. The van der Waals surface area contributed by atoms with E-state index in [9.17, 15) is 10.1 Å². The van der Waals surface area contributed by atoms with E-state index in [2.05, 4.69) is 53.1 Å². The Labute approximate surface area is 164 Å². The topological polar surface area (TPSA) is 62.1 Å². The summed E-state index contributed by atoms with van der Waals surface area (Å²) in [7, 11) is 1.53. The molecule has 0 unspecified atom stereocenters. The second-order valence-electron chi connectivity index (χ2n) is 4.64. The zero-order valence-corrected chi connectivity index (χ0v) is 17.2. The molecule has 0 saturated carbocycles. The molecule has 0 atom stereocenters. The summed E-state index contributed by atoms with van der Waals surface area (Å²) in [6.07, 6.45) is 1.49. The largest absolute Gasteiger partial charge is 0.495 e. The average molecular weight is 515 g/mol. The lowest BCUT2D eigenvalue weighted by Gasteiger charge is -2.09. The Kier molecular flexibility index (Phi) is 6.60. The molecule has 7 heteroatoms. The molecule has 24 heavy (non-hydrogen) atoms. The molecule has 0 spiro atoms. The predicted molar refractivity (Wildman–Crippen MR) is 105 cm³/mol. The van der Waals surface area contributed by atoms with Crippen LogP contribution in [-0.4, -0.2) is 13.0 Å². The number of anilines is 1. The van der Waals surface area contributed by atoms with Crippen molar-refractivity contribution in [2.75, 3.05) is 12.4 Å². The quantitative estimate of drug-likeness (QED) is 0.431. The first-order valence-electron chi connectivity index (χ1n) is 6.66. The normalized spacial score (nSPS) is 10.9. The first-order valence-corrected chi connectivity index (χ1v) is 9.04. The van der Waals surface area contributed by atoms with Crippen molar-refractivity contribution in [2.45, 2.75) is 0 Å². The number of carbonyl (C=O) groups excluding carboxylic acids is 1. The third-order valence-corrected chi connectivity index (χ3v) is 4.58. The molecule has 122 valence electrons. The molecule has 0 heterocycles. The van der Waals surface area contributed by atoms with Gasteiger partial charge in [-0.05, 0) is 58.4 Å². The summed E-state index contributed by atoms with van der Waals surface area (Å²) in [5.41, 5.74) is 1.19. The Morgan fingerprint density at radius 2 is 1.83 bits per heavy atom. The number of halogens is 3. The summed E-state index contributed by atoms with van der Waals surface area (Å²) in [6.45, 7) is 0. The molecule has 0 aliphatic rings. The van der Waals surface area contributed by atoms with Crippen LogP contribution in [0.25, 0.3) is 6.08 Å². The Bertz CT molecular complexity index is 840. The van der Waals surface area contributed by atoms with E-state index in [1.807, 2.05) is 12.1 Å². The van der Waals surface area contributed by atoms with Crippen molar-refractivity contribution >= 4 is 65.5 Å². The van der Waals surface area contributed by atoms with Gasteiger partial charge in [0.15, 0.2) is 0 Å². The van der Waals surface area contributed by atoms with Gasteiger partial charge in [0.2, 0.25) is 0 Å². The molecule has 4 nitrogen and oxygen atoms in total. The lowest BCUT2D eigenvalue weighted by atomic mass is 10.1. The number of hydrogen-bond acceptors (Lipinski definition) is 3. The maximum Gasteiger partial charge on any atom is 0.266 e. The minimum Gasteiger partial charge on any atom is -0.495 e. The molecule has 0 saturated heterocycles. The van der Waals surface area contributed by atoms with E-state index in [4.69, 9.17) is 4.74 Å². The average Bonchev–Trinajstić information content (AvgIpc) is 2.54. The van der Waals surface area contributed by atoms with E-state index < -0.39 is 5.91 Å². The SMILES string of the molecule is COc1c(Br)cc(Br)cc1/C=C(\C#N)C(=O)Nc1ccc(Br)cc1. The highest BCUT2D eigenvalue weighted by molar-refractivity contribution is 9.11. The molecule has 1 N–H and O–H groups in total. The number of benzene rings is 2. The van der Waals surface area contributed by atoms with Crippen LogP contribution in [0.2, 0.25) is 0 Å². The van der Waals surface area contributed by atoms with Crippen LogP contribution in [0.5, 0.6) is 5.75 Å². The van der Waals surface area contributed by atoms with E-state index in [0.29, 0.717) is 17.0 Å². The van der Waals surface area contributed by atoms with Gasteiger partial charge in [-0.15, -0.1) is 0 Å². The number of ether oxygens (including phenoxy) is 1. The summed E-state index contributed by atoms with van der Waals surface area (Å²) >= 11 is 10.1. The van der Waals surface area contributed by atoms with Crippen LogP contribution in [0.4, 0.5) is 5.69 Å². The van der Waals surface area contributed by atoms with Crippen molar-refractivity contribution in [2.24, 2.45) is 0 Å². The van der Waals surface area contributed by atoms with Gasteiger partial charge in [0.25, 0.3) is 5.91 Å². The van der Waals surface area contributed by atoms with Crippen molar-refractivity contribution in [1.29, 1.82) is 5.26 Å². The van der Waals surface area contributed by atoms with Crippen LogP contribution in [0.15, 0.2) is 55.4 Å². The zero-order chi connectivity index (χ0) is 17.7. The van der Waals surface area contributed by atoms with E-state index >= 15 is 0 Å². The summed E-state index contributed by atoms with van der Waals surface area (Å²) < 4.78 is 7.75. The molecule has 1 amide bonds. The Hall–Kier alpha value is -1.62. The third kappa shape index (κ3) is 4.69. The summed E-state index contributed by atoms with van der Waals surface area (Å²) in [4.78, 5) is 12.3. The van der Waals surface area contributed by atoms with Gasteiger partial charge in [-0.2, -0.15) is 5.26 Å². The minimum atomic E-state index is -0.488. The first kappa shape index (κ1) is 18.7. The molecular weight excluding hydrogens is 504 g/mol. The van der Waals surface area contributed by atoms with Crippen molar-refractivity contribution in [3.63, 3.8) is 0 Å². The zero-order valence-electron chi connectivity index (χ0n) is 12.4. The summed E-state index contributed by atoms with van der Waals surface area (Å²) in [5.74, 6) is 0.0559. The van der Waals surface area contributed by atoms with Gasteiger partial charge in [0.1, 0.15) is 17.4 Å². The van der Waals surface area contributed by atoms with Gasteiger partial charge < -0.3 is 10.1 Å². The van der Waals surface area contributed by atoms with E-state index in [0.717, 1.165) is 13.4 Å². The molecule has 0 fully saturated rings. The van der Waals surface area contributed by atoms with Gasteiger partial charge in [-0.3, -0.25) is 4.79 Å². The number of carbonyl (C=O) groups is 1. The Balaban J connectivity index is 2.34. The lowest BCUT2D eigenvalue weighted by molar-refractivity contribution is -0.112. The number of rotatable bonds is 4. The smallest absolute Gasteiger partial charge is 0.266 e. The van der Waals surface area contributed by atoms with Crippen molar-refractivity contribution in [3.05, 3.63) is 61.0 Å². The van der Waals surface area contributed by atoms with Crippen molar-refractivity contribution < 1.29 is 9.53 Å². The standard InChI is InChI=1S/C17H11Br3N2O2/c1-24-16-10(7-13(19)8-15(16)20)6-11(9-21)17(23)22-14-4-2-12(18)3-5-14/h2-8H,1H3,(H,22,23)/b11-6+. The van der Waals surface area contributed by atoms with Crippen molar-refractivity contribution in [3.8, 4) is 11.8 Å². The van der Waals surface area contributed by atoms with Gasteiger partial charge in [0.05, 0.1) is 11.6 Å². The maximum absolute atomic E-state index is 12.3. The fourth-order valence-corrected chi connectivity index (χ4v) is 3.62. The van der Waals surface area contributed by atoms with E-state index in [1.54, 1.807) is 30.3 Å². The number of nitrogens with one attached hydrogen (secondary N) is 1.